The lowest BCUT2D eigenvalue weighted by Crippen LogP contribution is -2.40. The molecular formula is C31H62NO7+. The molecule has 0 aliphatic rings. The molecule has 0 aromatic carbocycles. The molecule has 2 unspecified atom stereocenters. The average molecular weight is 561 g/mol. The molecule has 0 heterocycles. The van der Waals surface area contributed by atoms with Crippen LogP contribution in [0, 0.1) is 0 Å². The number of hydrogen-bond acceptors (Lipinski definition) is 6. The van der Waals surface area contributed by atoms with Gasteiger partial charge in [0.15, 0.2) is 0 Å². The lowest BCUT2D eigenvalue weighted by atomic mass is 10.0. The number of carbonyl (C=O) groups excluding carboxylic acids is 1. The molecule has 8 nitrogen and oxygen atoms in total. The van der Waals surface area contributed by atoms with Crippen LogP contribution in [0.5, 0.6) is 0 Å². The first-order chi connectivity index (χ1) is 18.7. The van der Waals surface area contributed by atoms with Gasteiger partial charge in [-0.3, -0.25) is 4.79 Å². The Hall–Kier alpha value is -1.22. The number of hydrogen-bond donors (Lipinski definition) is 2. The van der Waals surface area contributed by atoms with Crippen molar-refractivity contribution in [1.29, 1.82) is 0 Å². The topological polar surface area (TPSA) is 102 Å². The molecule has 2 atom stereocenters. The van der Waals surface area contributed by atoms with Gasteiger partial charge in [0.25, 0.3) is 6.29 Å². The fourth-order valence-electron chi connectivity index (χ4n) is 4.30. The van der Waals surface area contributed by atoms with E-state index in [4.69, 9.17) is 14.2 Å². The molecule has 0 aromatic rings. The highest BCUT2D eigenvalue weighted by Crippen LogP contribution is 2.14. The van der Waals surface area contributed by atoms with E-state index in [0.717, 1.165) is 19.3 Å². The molecule has 232 valence electrons. The zero-order valence-corrected chi connectivity index (χ0v) is 25.8. The molecule has 0 bridgehead atoms. The van der Waals surface area contributed by atoms with Crippen LogP contribution in [0.2, 0.25) is 0 Å². The molecule has 0 aliphatic carbocycles. The number of aliphatic hydroxyl groups is 1. The van der Waals surface area contributed by atoms with Crippen molar-refractivity contribution < 1.29 is 38.5 Å². The summed E-state index contributed by atoms with van der Waals surface area (Å²) in [7, 11) is 5.91. The average Bonchev–Trinajstić information content (AvgIpc) is 2.87. The van der Waals surface area contributed by atoms with E-state index >= 15 is 0 Å². The molecule has 2 N–H and O–H groups in total. The fourth-order valence-corrected chi connectivity index (χ4v) is 4.30. The molecule has 0 saturated heterocycles. The normalized spacial score (nSPS) is 13.4. The van der Waals surface area contributed by atoms with Gasteiger partial charge in [-0.25, -0.2) is 4.79 Å². The molecule has 39 heavy (non-hydrogen) atoms. The van der Waals surface area contributed by atoms with Crippen molar-refractivity contribution in [1.82, 2.24) is 0 Å². The SMILES string of the molecule is CCCCCCCCCCCCCCCCCCCCC(=O)OCC(O)COC(OCC[N+](C)(C)C)C(=O)O. The Morgan fingerprint density at radius 2 is 1.10 bits per heavy atom. The summed E-state index contributed by atoms with van der Waals surface area (Å²) >= 11 is 0. The molecule has 0 rings (SSSR count). The van der Waals surface area contributed by atoms with Gasteiger partial charge in [0.05, 0.1) is 34.4 Å². The third-order valence-electron chi connectivity index (χ3n) is 6.84. The van der Waals surface area contributed by atoms with Gasteiger partial charge in [0, 0.05) is 6.42 Å². The summed E-state index contributed by atoms with van der Waals surface area (Å²) in [4.78, 5) is 23.2. The number of nitrogens with zero attached hydrogens (tertiary/aromatic N) is 1. The molecule has 0 radical (unpaired) electrons. The van der Waals surface area contributed by atoms with Crippen molar-refractivity contribution in [2.75, 3.05) is 47.5 Å². The summed E-state index contributed by atoms with van der Waals surface area (Å²) in [5.74, 6) is -1.60. The zero-order valence-electron chi connectivity index (χ0n) is 25.8. The third-order valence-corrected chi connectivity index (χ3v) is 6.84. The first kappa shape index (κ1) is 37.8. The molecule has 0 spiro atoms. The maximum atomic E-state index is 11.9. The Labute approximate surface area is 239 Å². The highest BCUT2D eigenvalue weighted by Gasteiger charge is 2.22. The summed E-state index contributed by atoms with van der Waals surface area (Å²) in [5.41, 5.74) is 0. The van der Waals surface area contributed by atoms with Crippen LogP contribution in [0.15, 0.2) is 0 Å². The number of carboxylic acids is 1. The Morgan fingerprint density at radius 1 is 0.667 bits per heavy atom. The van der Waals surface area contributed by atoms with Gasteiger partial charge in [-0.15, -0.1) is 0 Å². The Bertz CT molecular complexity index is 580. The summed E-state index contributed by atoms with van der Waals surface area (Å²) in [6.45, 7) is 2.60. The Balaban J connectivity index is 3.53. The molecule has 8 heteroatoms. The summed E-state index contributed by atoms with van der Waals surface area (Å²) in [6.07, 6.45) is 21.2. The van der Waals surface area contributed by atoms with E-state index in [9.17, 15) is 19.8 Å². The van der Waals surface area contributed by atoms with Gasteiger partial charge in [-0.1, -0.05) is 116 Å². The number of quaternary nitrogens is 1. The van der Waals surface area contributed by atoms with Crippen molar-refractivity contribution in [2.45, 2.75) is 141 Å². The number of ether oxygens (including phenoxy) is 3. The quantitative estimate of drug-likeness (QED) is 0.0468. The molecule has 0 aromatic heterocycles. The number of carboxylic acid groups (broad SMARTS) is 1. The summed E-state index contributed by atoms with van der Waals surface area (Å²) in [6, 6.07) is 0. The molecule has 0 fully saturated rings. The van der Waals surface area contributed by atoms with Crippen LogP contribution in [0.25, 0.3) is 0 Å². The largest absolute Gasteiger partial charge is 0.477 e. The number of esters is 1. The second-order valence-corrected chi connectivity index (χ2v) is 12.0. The minimum Gasteiger partial charge on any atom is -0.477 e. The summed E-state index contributed by atoms with van der Waals surface area (Å²) < 4.78 is 16.1. The minimum atomic E-state index is -1.46. The predicted molar refractivity (Wildman–Crippen MR) is 157 cm³/mol. The first-order valence-corrected chi connectivity index (χ1v) is 15.8. The van der Waals surface area contributed by atoms with Gasteiger partial charge in [0.1, 0.15) is 19.3 Å². The van der Waals surface area contributed by atoms with E-state index in [2.05, 4.69) is 6.92 Å². The van der Waals surface area contributed by atoms with E-state index in [1.165, 1.54) is 96.3 Å². The number of aliphatic hydroxyl groups excluding tert-OH is 1. The van der Waals surface area contributed by atoms with Crippen LogP contribution in [0.3, 0.4) is 0 Å². The van der Waals surface area contributed by atoms with Gasteiger partial charge in [-0.05, 0) is 6.42 Å². The van der Waals surface area contributed by atoms with Crippen molar-refractivity contribution in [3.8, 4) is 0 Å². The van der Waals surface area contributed by atoms with Crippen molar-refractivity contribution in [2.24, 2.45) is 0 Å². The Morgan fingerprint density at radius 3 is 1.51 bits per heavy atom. The highest BCUT2D eigenvalue weighted by molar-refractivity contribution is 5.70. The van der Waals surface area contributed by atoms with E-state index in [1.807, 2.05) is 21.1 Å². The second kappa shape index (κ2) is 25.7. The number of likely N-dealkylation sites (N-methyl/N-ethyl adjacent to an activating group) is 1. The second-order valence-electron chi connectivity index (χ2n) is 12.0. The van der Waals surface area contributed by atoms with E-state index in [1.54, 1.807) is 0 Å². The first-order valence-electron chi connectivity index (χ1n) is 15.8. The fraction of sp³-hybridized carbons (Fsp3) is 0.935. The molecular weight excluding hydrogens is 498 g/mol. The van der Waals surface area contributed by atoms with E-state index in [0.29, 0.717) is 17.4 Å². The minimum absolute atomic E-state index is 0.213. The van der Waals surface area contributed by atoms with Gasteiger partial charge in [-0.2, -0.15) is 0 Å². The van der Waals surface area contributed by atoms with Crippen molar-refractivity contribution >= 4 is 11.9 Å². The number of carbonyl (C=O) groups is 2. The number of unbranched alkanes of at least 4 members (excludes halogenated alkanes) is 17. The number of aliphatic carboxylic acids is 1. The van der Waals surface area contributed by atoms with Crippen molar-refractivity contribution in [3.05, 3.63) is 0 Å². The van der Waals surface area contributed by atoms with Gasteiger partial charge >= 0.3 is 11.9 Å². The monoisotopic (exact) mass is 560 g/mol. The maximum Gasteiger partial charge on any atom is 0.361 e. The lowest BCUT2D eigenvalue weighted by Gasteiger charge is -2.24. The molecule has 0 saturated carbocycles. The Kier molecular flexibility index (Phi) is 24.9. The van der Waals surface area contributed by atoms with Crippen molar-refractivity contribution in [3.63, 3.8) is 0 Å². The highest BCUT2D eigenvalue weighted by atomic mass is 16.7. The van der Waals surface area contributed by atoms with Crippen LogP contribution >= 0.6 is 0 Å². The standard InChI is InChI=1S/C31H61NO7/c1-5-6-7-8-9-10-11-12-13-14-15-16-17-18-19-20-21-22-23-29(34)38-26-28(33)27-39-31(30(35)36)37-25-24-32(2,3)4/h28,31,33H,5-27H2,1-4H3/p+1. The number of rotatable bonds is 29. The van der Waals surface area contributed by atoms with Crippen LogP contribution in [-0.2, 0) is 23.8 Å². The smallest absolute Gasteiger partial charge is 0.361 e. The van der Waals surface area contributed by atoms with E-state index < -0.39 is 18.4 Å². The molecule has 0 aliphatic heterocycles. The zero-order chi connectivity index (χ0) is 29.2. The third kappa shape index (κ3) is 28.1. The van der Waals surface area contributed by atoms with Crippen LogP contribution in [0.4, 0.5) is 0 Å². The summed E-state index contributed by atoms with van der Waals surface area (Å²) in [5, 5.41) is 19.1. The van der Waals surface area contributed by atoms with Crippen LogP contribution in [-0.4, -0.2) is 86.5 Å². The predicted octanol–water partition coefficient (Wildman–Crippen LogP) is 6.47. The van der Waals surface area contributed by atoms with Crippen LogP contribution in [0.1, 0.15) is 129 Å². The molecule has 0 amide bonds. The van der Waals surface area contributed by atoms with Crippen LogP contribution < -0.4 is 0 Å². The van der Waals surface area contributed by atoms with E-state index in [-0.39, 0.29) is 25.8 Å². The van der Waals surface area contributed by atoms with Gasteiger partial charge in [0.2, 0.25) is 0 Å². The lowest BCUT2D eigenvalue weighted by molar-refractivity contribution is -0.870. The van der Waals surface area contributed by atoms with Gasteiger partial charge < -0.3 is 28.9 Å². The maximum absolute atomic E-state index is 11.9.